The Morgan fingerprint density at radius 3 is 1.76 bits per heavy atom. The first kappa shape index (κ1) is 15.2. The molecule has 0 radical (unpaired) electrons. The molecule has 0 saturated carbocycles. The van der Waals surface area contributed by atoms with E-state index in [-0.39, 0.29) is 5.56 Å². The van der Waals surface area contributed by atoms with Crippen molar-refractivity contribution in [2.24, 2.45) is 0 Å². The summed E-state index contributed by atoms with van der Waals surface area (Å²) in [4.78, 5) is 0. The molecule has 0 bridgehead atoms. The van der Waals surface area contributed by atoms with Crippen molar-refractivity contribution in [3.05, 3.63) is 70.5 Å². The van der Waals surface area contributed by atoms with Crippen molar-refractivity contribution in [3.8, 4) is 0 Å². The maximum Gasteiger partial charge on any atom is 0.194 e. The topological polar surface area (TPSA) is 0 Å². The van der Waals surface area contributed by atoms with Crippen LogP contribution in [0.1, 0.15) is 23.6 Å². The lowest BCUT2D eigenvalue weighted by Crippen LogP contribution is -1.94. The summed E-state index contributed by atoms with van der Waals surface area (Å²) < 4.78 is 66.8. The normalized spacial score (nSPS) is 12.3. The van der Waals surface area contributed by atoms with Crippen LogP contribution in [0.5, 0.6) is 0 Å². The average molecular weight is 298 g/mol. The number of hydrogen-bond acceptors (Lipinski definition) is 0. The van der Waals surface area contributed by atoms with Crippen molar-refractivity contribution < 1.29 is 22.0 Å². The molecule has 21 heavy (non-hydrogen) atoms. The van der Waals surface area contributed by atoms with Crippen molar-refractivity contribution >= 4 is 11.7 Å². The fourth-order valence-corrected chi connectivity index (χ4v) is 1.82. The Balaban J connectivity index is 2.46. The zero-order valence-electron chi connectivity index (χ0n) is 11.1. The summed E-state index contributed by atoms with van der Waals surface area (Å²) in [6, 6.07) is 6.79. The molecule has 2 rings (SSSR count). The lowest BCUT2D eigenvalue weighted by atomic mass is 10.1. The van der Waals surface area contributed by atoms with E-state index < -0.39 is 34.7 Å². The molecule has 0 aliphatic rings. The molecule has 0 atom stereocenters. The Morgan fingerprint density at radius 1 is 0.810 bits per heavy atom. The first-order valence-electron chi connectivity index (χ1n) is 6.23. The Kier molecular flexibility index (Phi) is 4.40. The first-order valence-corrected chi connectivity index (χ1v) is 6.23. The van der Waals surface area contributed by atoms with Gasteiger partial charge in [0, 0.05) is 11.1 Å². The van der Waals surface area contributed by atoms with E-state index in [1.165, 1.54) is 12.1 Å². The molecule has 0 heterocycles. The smallest absolute Gasteiger partial charge is 0.194 e. The summed E-state index contributed by atoms with van der Waals surface area (Å²) in [5.41, 5.74) is 0.184. The number of benzene rings is 2. The minimum Gasteiger partial charge on any atom is -0.204 e. The van der Waals surface area contributed by atoms with Crippen LogP contribution in [0.25, 0.3) is 11.7 Å². The third-order valence-corrected chi connectivity index (χ3v) is 3.05. The van der Waals surface area contributed by atoms with Crippen molar-refractivity contribution in [1.82, 2.24) is 0 Å². The second kappa shape index (κ2) is 6.08. The van der Waals surface area contributed by atoms with Crippen LogP contribution in [0.4, 0.5) is 22.0 Å². The molecule has 2 aromatic rings. The van der Waals surface area contributed by atoms with Crippen LogP contribution in [0.15, 0.2) is 36.4 Å². The van der Waals surface area contributed by atoms with E-state index in [9.17, 15) is 22.0 Å². The highest BCUT2D eigenvalue weighted by Gasteiger charge is 2.17. The molecule has 0 nitrogen and oxygen atoms in total. The van der Waals surface area contributed by atoms with Gasteiger partial charge in [-0.15, -0.1) is 0 Å². The van der Waals surface area contributed by atoms with Crippen molar-refractivity contribution in [2.75, 3.05) is 0 Å². The van der Waals surface area contributed by atoms with Crippen molar-refractivity contribution in [2.45, 2.75) is 13.3 Å². The van der Waals surface area contributed by atoms with Gasteiger partial charge >= 0.3 is 0 Å². The minimum atomic E-state index is -1.72. The predicted molar refractivity (Wildman–Crippen MR) is 71.2 cm³/mol. The molecule has 0 aliphatic carbocycles. The quantitative estimate of drug-likeness (QED) is 0.402. The molecule has 0 amide bonds. The molecule has 0 N–H and O–H groups in total. The number of rotatable bonds is 3. The monoisotopic (exact) mass is 298 g/mol. The number of halogens is 5. The highest BCUT2D eigenvalue weighted by Crippen LogP contribution is 2.30. The van der Waals surface area contributed by atoms with Crippen LogP contribution in [0.2, 0.25) is 0 Å². The maximum absolute atomic E-state index is 14.0. The fraction of sp³-hybridized carbons (Fsp3) is 0.125. The predicted octanol–water partition coefficient (Wildman–Crippen LogP) is 5.43. The second-order valence-corrected chi connectivity index (χ2v) is 4.43. The van der Waals surface area contributed by atoms with Gasteiger partial charge in [-0.05, 0) is 24.1 Å². The molecule has 0 saturated heterocycles. The van der Waals surface area contributed by atoms with Gasteiger partial charge in [-0.3, -0.25) is 0 Å². The van der Waals surface area contributed by atoms with E-state index >= 15 is 0 Å². The SMILES string of the molecule is CCc1ccc(/C(F)=C(\F)c2cc(F)c(F)c(F)c2)cc1. The summed E-state index contributed by atoms with van der Waals surface area (Å²) in [6.07, 6.45) is 0.739. The molecule has 0 aliphatic heterocycles. The lowest BCUT2D eigenvalue weighted by Gasteiger charge is -2.05. The van der Waals surface area contributed by atoms with Gasteiger partial charge in [-0.1, -0.05) is 31.2 Å². The van der Waals surface area contributed by atoms with Gasteiger partial charge in [0.15, 0.2) is 29.1 Å². The van der Waals surface area contributed by atoms with Crippen LogP contribution in [0.3, 0.4) is 0 Å². The molecule has 110 valence electrons. The summed E-state index contributed by atoms with van der Waals surface area (Å²) in [7, 11) is 0. The summed E-state index contributed by atoms with van der Waals surface area (Å²) in [5, 5.41) is 0. The van der Waals surface area contributed by atoms with Crippen molar-refractivity contribution in [1.29, 1.82) is 0 Å². The molecule has 0 fully saturated rings. The van der Waals surface area contributed by atoms with Gasteiger partial charge in [-0.2, -0.15) is 0 Å². The van der Waals surface area contributed by atoms with E-state index in [1.54, 1.807) is 12.1 Å². The molecule has 2 aromatic carbocycles. The molecular formula is C16H11F5. The largest absolute Gasteiger partial charge is 0.204 e. The Hall–Kier alpha value is -2.17. The second-order valence-electron chi connectivity index (χ2n) is 4.43. The third kappa shape index (κ3) is 3.12. The molecule has 0 unspecified atom stereocenters. The van der Waals surface area contributed by atoms with E-state index in [0.29, 0.717) is 12.1 Å². The van der Waals surface area contributed by atoms with Crippen LogP contribution in [-0.4, -0.2) is 0 Å². The van der Waals surface area contributed by atoms with E-state index in [4.69, 9.17) is 0 Å². The van der Waals surface area contributed by atoms with Gasteiger partial charge in [0.05, 0.1) is 0 Å². The first-order chi connectivity index (χ1) is 9.93. The van der Waals surface area contributed by atoms with Gasteiger partial charge < -0.3 is 0 Å². The minimum absolute atomic E-state index is 0.0603. The van der Waals surface area contributed by atoms with E-state index in [2.05, 4.69) is 0 Å². The number of hydrogen-bond donors (Lipinski definition) is 0. The highest BCUT2D eigenvalue weighted by atomic mass is 19.2. The van der Waals surface area contributed by atoms with Crippen molar-refractivity contribution in [3.63, 3.8) is 0 Å². The zero-order valence-corrected chi connectivity index (χ0v) is 11.1. The molecular weight excluding hydrogens is 287 g/mol. The molecule has 0 spiro atoms. The van der Waals surface area contributed by atoms with Gasteiger partial charge in [0.25, 0.3) is 0 Å². The average Bonchev–Trinajstić information content (AvgIpc) is 2.50. The Labute approximate surface area is 118 Å². The van der Waals surface area contributed by atoms with Crippen LogP contribution in [0, 0.1) is 17.5 Å². The van der Waals surface area contributed by atoms with E-state index in [1.807, 2.05) is 6.92 Å². The van der Waals surface area contributed by atoms with E-state index in [0.717, 1.165) is 12.0 Å². The van der Waals surface area contributed by atoms with Gasteiger partial charge in [0.1, 0.15) is 0 Å². The molecule has 0 aromatic heterocycles. The fourth-order valence-electron chi connectivity index (χ4n) is 1.82. The standard InChI is InChI=1S/C16H11F5/c1-2-9-3-5-10(6-4-9)14(19)15(20)11-7-12(17)16(21)13(18)8-11/h3-8H,2H2,1H3/b15-14+. The third-order valence-electron chi connectivity index (χ3n) is 3.05. The molecule has 5 heteroatoms. The summed E-state index contributed by atoms with van der Waals surface area (Å²) in [6.45, 7) is 1.91. The summed E-state index contributed by atoms with van der Waals surface area (Å²) in [5.74, 6) is -7.58. The number of aryl methyl sites for hydroxylation is 1. The lowest BCUT2D eigenvalue weighted by molar-refractivity contribution is 0.446. The van der Waals surface area contributed by atoms with Gasteiger partial charge in [0.2, 0.25) is 0 Å². The van der Waals surface area contributed by atoms with Crippen LogP contribution >= 0.6 is 0 Å². The highest BCUT2D eigenvalue weighted by molar-refractivity contribution is 5.83. The van der Waals surface area contributed by atoms with Crippen LogP contribution in [-0.2, 0) is 6.42 Å². The Morgan fingerprint density at radius 2 is 1.29 bits per heavy atom. The maximum atomic E-state index is 14.0. The zero-order chi connectivity index (χ0) is 15.6. The van der Waals surface area contributed by atoms with Gasteiger partial charge in [-0.25, -0.2) is 22.0 Å². The Bertz CT molecular complexity index is 663. The summed E-state index contributed by atoms with van der Waals surface area (Å²) >= 11 is 0. The van der Waals surface area contributed by atoms with Crippen LogP contribution < -0.4 is 0 Å².